The van der Waals surface area contributed by atoms with Crippen molar-refractivity contribution in [2.24, 2.45) is 0 Å². The molecule has 2 aromatic carbocycles. The van der Waals surface area contributed by atoms with Crippen LogP contribution in [0.2, 0.25) is 0 Å². The van der Waals surface area contributed by atoms with Crippen molar-refractivity contribution < 1.29 is 4.39 Å². The smallest absolute Gasteiger partial charge is 0.206 e. The molecule has 0 fully saturated rings. The number of hydrogen-bond acceptors (Lipinski definition) is 4. The molecule has 0 saturated heterocycles. The van der Waals surface area contributed by atoms with E-state index in [1.807, 2.05) is 56.4 Å². The minimum Gasteiger partial charge on any atom is -0.369 e. The number of nitrogens with zero attached hydrogens (tertiary/aromatic N) is 4. The highest BCUT2D eigenvalue weighted by Crippen LogP contribution is 2.29. The number of nitrogens with two attached hydrogens (primary N) is 1. The van der Waals surface area contributed by atoms with E-state index in [-0.39, 0.29) is 5.82 Å². The summed E-state index contributed by atoms with van der Waals surface area (Å²) in [5.74, 6) is 0.0963. The van der Waals surface area contributed by atoms with Crippen molar-refractivity contribution in [2.45, 2.75) is 20.3 Å². The van der Waals surface area contributed by atoms with Gasteiger partial charge in [0.15, 0.2) is 0 Å². The molecule has 6 heteroatoms. The van der Waals surface area contributed by atoms with E-state index in [0.29, 0.717) is 17.9 Å². The number of fused-ring (bicyclic) bond motifs is 3. The number of benzene rings is 2. The molecule has 148 valence electrons. The topological polar surface area (TPSA) is 69.1 Å². The van der Waals surface area contributed by atoms with Crippen molar-refractivity contribution in [1.29, 1.82) is 0 Å². The Morgan fingerprint density at radius 3 is 2.63 bits per heavy atom. The first kappa shape index (κ1) is 18.2. The van der Waals surface area contributed by atoms with Crippen LogP contribution in [0.1, 0.15) is 22.5 Å². The van der Waals surface area contributed by atoms with Gasteiger partial charge in [0, 0.05) is 41.0 Å². The Balaban J connectivity index is 1.65. The van der Waals surface area contributed by atoms with E-state index in [1.54, 1.807) is 16.7 Å². The van der Waals surface area contributed by atoms with Gasteiger partial charge in [-0.15, -0.1) is 0 Å². The first-order valence-electron chi connectivity index (χ1n) is 9.74. The number of anilines is 1. The highest BCUT2D eigenvalue weighted by Gasteiger charge is 2.16. The lowest BCUT2D eigenvalue weighted by Crippen LogP contribution is -2.01. The zero-order valence-corrected chi connectivity index (χ0v) is 16.7. The molecule has 0 unspecified atom stereocenters. The average Bonchev–Trinajstić information content (AvgIpc) is 3.16. The van der Waals surface area contributed by atoms with Crippen LogP contribution in [0.5, 0.6) is 0 Å². The van der Waals surface area contributed by atoms with Crippen molar-refractivity contribution in [3.05, 3.63) is 89.3 Å². The van der Waals surface area contributed by atoms with Crippen LogP contribution < -0.4 is 5.73 Å². The molecule has 0 saturated carbocycles. The van der Waals surface area contributed by atoms with Gasteiger partial charge < -0.3 is 5.73 Å². The third-order valence-electron chi connectivity index (χ3n) is 5.41. The van der Waals surface area contributed by atoms with Crippen LogP contribution in [0.15, 0.2) is 60.9 Å². The lowest BCUT2D eigenvalue weighted by Gasteiger charge is -2.10. The van der Waals surface area contributed by atoms with Crippen LogP contribution in [-0.4, -0.2) is 19.4 Å². The molecule has 0 aliphatic carbocycles. The van der Waals surface area contributed by atoms with Crippen molar-refractivity contribution >= 4 is 22.5 Å². The minimum absolute atomic E-state index is 0.267. The Kier molecular flexibility index (Phi) is 4.20. The number of para-hydroxylation sites is 1. The summed E-state index contributed by atoms with van der Waals surface area (Å²) < 4.78 is 16.6. The minimum atomic E-state index is -0.267. The lowest BCUT2D eigenvalue weighted by molar-refractivity contribution is 0.614. The number of imidazole rings is 1. The highest BCUT2D eigenvalue weighted by atomic mass is 19.1. The van der Waals surface area contributed by atoms with E-state index in [2.05, 4.69) is 9.97 Å². The molecular weight excluding hydrogens is 377 g/mol. The Morgan fingerprint density at radius 1 is 1.00 bits per heavy atom. The van der Waals surface area contributed by atoms with E-state index in [0.717, 1.165) is 44.6 Å². The summed E-state index contributed by atoms with van der Waals surface area (Å²) in [5, 5.41) is 0.923. The maximum atomic E-state index is 14.8. The van der Waals surface area contributed by atoms with E-state index in [9.17, 15) is 4.39 Å². The maximum Gasteiger partial charge on any atom is 0.206 e. The highest BCUT2D eigenvalue weighted by molar-refractivity contribution is 5.94. The van der Waals surface area contributed by atoms with Crippen molar-refractivity contribution in [1.82, 2.24) is 19.4 Å². The standard InChI is InChI=1S/C24H20FN5/c1-14-5-3-7-19-22(14)29-24(26)30-13-17(28-23(19)30)11-20-18(6-4-8-21(20)25)16-10-9-15(2)27-12-16/h3-10,12-13H,11H2,1-2H3,(H2,26,29). The number of nitrogen functional groups attached to an aromatic ring is 1. The Hall–Kier alpha value is -3.80. The monoisotopic (exact) mass is 397 g/mol. The van der Waals surface area contributed by atoms with Crippen LogP contribution >= 0.6 is 0 Å². The summed E-state index contributed by atoms with van der Waals surface area (Å²) in [5.41, 5.74) is 12.7. The third-order valence-corrected chi connectivity index (χ3v) is 5.41. The summed E-state index contributed by atoms with van der Waals surface area (Å²) in [6.07, 6.45) is 3.95. The van der Waals surface area contributed by atoms with Gasteiger partial charge in [0.1, 0.15) is 11.5 Å². The SMILES string of the molecule is Cc1ccc(-c2cccc(F)c2Cc2cn3c(N)nc4c(C)cccc4c3n2)cn1. The van der Waals surface area contributed by atoms with Gasteiger partial charge in [-0.1, -0.05) is 30.3 Å². The second-order valence-corrected chi connectivity index (χ2v) is 7.50. The molecule has 0 radical (unpaired) electrons. The Morgan fingerprint density at radius 2 is 1.83 bits per heavy atom. The van der Waals surface area contributed by atoms with Crippen molar-refractivity contribution in [2.75, 3.05) is 5.73 Å². The average molecular weight is 397 g/mol. The van der Waals surface area contributed by atoms with Gasteiger partial charge in [0.05, 0.1) is 11.2 Å². The van der Waals surface area contributed by atoms with Gasteiger partial charge in [0.25, 0.3) is 0 Å². The second-order valence-electron chi connectivity index (χ2n) is 7.50. The fourth-order valence-electron chi connectivity index (χ4n) is 3.85. The van der Waals surface area contributed by atoms with Gasteiger partial charge >= 0.3 is 0 Å². The number of aryl methyl sites for hydroxylation is 2. The first-order valence-corrected chi connectivity index (χ1v) is 9.74. The van der Waals surface area contributed by atoms with Gasteiger partial charge in [0.2, 0.25) is 5.95 Å². The molecule has 3 aromatic heterocycles. The van der Waals surface area contributed by atoms with Crippen molar-refractivity contribution in [3.8, 4) is 11.1 Å². The quantitative estimate of drug-likeness (QED) is 0.471. The molecule has 5 nitrogen and oxygen atoms in total. The Bertz CT molecular complexity index is 1400. The van der Waals surface area contributed by atoms with E-state index in [1.165, 1.54) is 6.07 Å². The number of rotatable bonds is 3. The zero-order chi connectivity index (χ0) is 20.8. The largest absolute Gasteiger partial charge is 0.369 e. The second kappa shape index (κ2) is 6.91. The molecule has 30 heavy (non-hydrogen) atoms. The number of halogens is 1. The number of hydrogen-bond donors (Lipinski definition) is 1. The summed E-state index contributed by atoms with van der Waals surface area (Å²) in [7, 11) is 0. The summed E-state index contributed by atoms with van der Waals surface area (Å²) in [6.45, 7) is 3.92. The lowest BCUT2D eigenvalue weighted by atomic mass is 9.97. The fourth-order valence-corrected chi connectivity index (χ4v) is 3.85. The molecule has 0 spiro atoms. The number of aromatic nitrogens is 4. The third kappa shape index (κ3) is 2.97. The normalized spacial score (nSPS) is 11.4. The Labute approximate surface area is 173 Å². The molecule has 0 bridgehead atoms. The van der Waals surface area contributed by atoms with Crippen LogP contribution in [-0.2, 0) is 6.42 Å². The van der Waals surface area contributed by atoms with E-state index >= 15 is 0 Å². The van der Waals surface area contributed by atoms with Crippen LogP contribution in [0.25, 0.3) is 27.7 Å². The molecule has 2 N–H and O–H groups in total. The molecule has 5 rings (SSSR count). The van der Waals surface area contributed by atoms with Crippen LogP contribution in [0.4, 0.5) is 10.3 Å². The molecule has 5 aromatic rings. The van der Waals surface area contributed by atoms with Gasteiger partial charge in [-0.2, -0.15) is 0 Å². The molecule has 0 aliphatic rings. The van der Waals surface area contributed by atoms with Gasteiger partial charge in [-0.3, -0.25) is 9.38 Å². The van der Waals surface area contributed by atoms with E-state index < -0.39 is 0 Å². The van der Waals surface area contributed by atoms with Gasteiger partial charge in [-0.05, 0) is 43.2 Å². The summed E-state index contributed by atoms with van der Waals surface area (Å²) in [4.78, 5) is 13.7. The van der Waals surface area contributed by atoms with Crippen molar-refractivity contribution in [3.63, 3.8) is 0 Å². The summed E-state index contributed by atoms with van der Waals surface area (Å²) >= 11 is 0. The van der Waals surface area contributed by atoms with Gasteiger partial charge in [-0.25, -0.2) is 14.4 Å². The molecule has 0 aliphatic heterocycles. The predicted octanol–water partition coefficient (Wildman–Crippen LogP) is 4.87. The number of pyridine rings is 1. The van der Waals surface area contributed by atoms with E-state index in [4.69, 9.17) is 10.7 Å². The molecule has 0 atom stereocenters. The van der Waals surface area contributed by atoms with Crippen LogP contribution in [0.3, 0.4) is 0 Å². The fraction of sp³-hybridized carbons (Fsp3) is 0.125. The molecule has 0 amide bonds. The molecular formula is C24H20FN5. The summed E-state index contributed by atoms with van der Waals surface area (Å²) in [6, 6.07) is 14.9. The maximum absolute atomic E-state index is 14.8. The first-order chi connectivity index (χ1) is 14.5. The molecule has 3 heterocycles. The zero-order valence-electron chi connectivity index (χ0n) is 16.7. The van der Waals surface area contributed by atoms with Crippen LogP contribution in [0, 0.1) is 19.7 Å². The predicted molar refractivity (Wildman–Crippen MR) is 117 cm³/mol.